The number of carbonyl (C=O) groups is 2. The summed E-state index contributed by atoms with van der Waals surface area (Å²) >= 11 is 2.04. The van der Waals surface area contributed by atoms with E-state index in [0.29, 0.717) is 24.2 Å². The van der Waals surface area contributed by atoms with Gasteiger partial charge in [0.1, 0.15) is 0 Å². The van der Waals surface area contributed by atoms with Crippen molar-refractivity contribution < 1.29 is 14.3 Å². The first-order chi connectivity index (χ1) is 7.61. The lowest BCUT2D eigenvalue weighted by Crippen LogP contribution is -2.13. The van der Waals surface area contributed by atoms with E-state index in [1.165, 1.54) is 0 Å². The number of carbonyl (C=O) groups excluding carboxylic acids is 2. The third-order valence-corrected chi connectivity index (χ3v) is 3.01. The van der Waals surface area contributed by atoms with E-state index >= 15 is 0 Å². The van der Waals surface area contributed by atoms with Crippen LogP contribution in [0.3, 0.4) is 0 Å². The number of hydrogen-bond donors (Lipinski definition) is 0. The van der Waals surface area contributed by atoms with Crippen molar-refractivity contribution in [2.45, 2.75) is 20.3 Å². The Morgan fingerprint density at radius 2 is 2.00 bits per heavy atom. The van der Waals surface area contributed by atoms with Crippen LogP contribution in [0.2, 0.25) is 0 Å². The molecule has 0 spiro atoms. The van der Waals surface area contributed by atoms with Gasteiger partial charge in [-0.15, -0.1) is 0 Å². The molecule has 0 saturated heterocycles. The number of benzene rings is 1. The maximum atomic E-state index is 11.7. The van der Waals surface area contributed by atoms with E-state index in [1.807, 2.05) is 22.6 Å². The van der Waals surface area contributed by atoms with Crippen molar-refractivity contribution in [1.29, 1.82) is 0 Å². The lowest BCUT2D eigenvalue weighted by atomic mass is 10.0. The fraction of sp³-hybridized carbons (Fsp3) is 0.333. The molecule has 0 aromatic heterocycles. The molecule has 1 aromatic rings. The first-order valence-corrected chi connectivity index (χ1v) is 6.18. The van der Waals surface area contributed by atoms with Gasteiger partial charge < -0.3 is 4.74 Å². The van der Waals surface area contributed by atoms with Gasteiger partial charge >= 0.3 is 5.97 Å². The van der Waals surface area contributed by atoms with Crippen LogP contribution in [-0.2, 0) is 4.74 Å². The zero-order valence-corrected chi connectivity index (χ0v) is 11.4. The predicted molar refractivity (Wildman–Crippen MR) is 69.7 cm³/mol. The lowest BCUT2D eigenvalue weighted by Gasteiger charge is -2.09. The number of esters is 1. The molecule has 0 heterocycles. The second kappa shape index (κ2) is 5.98. The molecular weight excluding hydrogens is 319 g/mol. The molecule has 0 radical (unpaired) electrons. The fourth-order valence-electron chi connectivity index (χ4n) is 1.36. The van der Waals surface area contributed by atoms with E-state index < -0.39 is 5.97 Å². The van der Waals surface area contributed by atoms with Crippen molar-refractivity contribution in [2.24, 2.45) is 0 Å². The van der Waals surface area contributed by atoms with Gasteiger partial charge in [-0.3, -0.25) is 4.79 Å². The standard InChI is InChI=1S/C12H13IO3/c1-3-10(14)8-6-5-7-9(13)11(8)12(15)16-4-2/h5-7H,3-4H2,1-2H3. The summed E-state index contributed by atoms with van der Waals surface area (Å²) in [5.74, 6) is -0.467. The van der Waals surface area contributed by atoms with Crippen molar-refractivity contribution >= 4 is 34.3 Å². The highest BCUT2D eigenvalue weighted by atomic mass is 127. The number of ether oxygens (including phenoxy) is 1. The van der Waals surface area contributed by atoms with E-state index in [4.69, 9.17) is 4.74 Å². The molecule has 0 aliphatic rings. The second-order valence-electron chi connectivity index (χ2n) is 3.16. The van der Waals surface area contributed by atoms with Gasteiger partial charge in [-0.05, 0) is 35.6 Å². The highest BCUT2D eigenvalue weighted by molar-refractivity contribution is 14.1. The summed E-state index contributed by atoms with van der Waals surface area (Å²) in [6, 6.07) is 5.23. The van der Waals surface area contributed by atoms with E-state index in [1.54, 1.807) is 32.0 Å². The van der Waals surface area contributed by atoms with Gasteiger partial charge in [-0.2, -0.15) is 0 Å². The van der Waals surface area contributed by atoms with Crippen molar-refractivity contribution in [3.63, 3.8) is 0 Å². The largest absolute Gasteiger partial charge is 0.462 e. The van der Waals surface area contributed by atoms with Crippen LogP contribution in [-0.4, -0.2) is 18.4 Å². The molecule has 0 aliphatic heterocycles. The van der Waals surface area contributed by atoms with Gasteiger partial charge in [0.2, 0.25) is 0 Å². The fourth-order valence-corrected chi connectivity index (χ4v) is 2.08. The third kappa shape index (κ3) is 2.81. The van der Waals surface area contributed by atoms with Crippen molar-refractivity contribution in [3.05, 3.63) is 32.9 Å². The first kappa shape index (κ1) is 13.2. The van der Waals surface area contributed by atoms with E-state index in [9.17, 15) is 9.59 Å². The van der Waals surface area contributed by atoms with Crippen LogP contribution in [0.5, 0.6) is 0 Å². The smallest absolute Gasteiger partial charge is 0.339 e. The summed E-state index contributed by atoms with van der Waals surface area (Å²) in [7, 11) is 0. The molecule has 0 fully saturated rings. The van der Waals surface area contributed by atoms with Gasteiger partial charge in [0, 0.05) is 15.6 Å². The average Bonchev–Trinajstić information content (AvgIpc) is 2.27. The van der Waals surface area contributed by atoms with E-state index in [2.05, 4.69) is 0 Å². The van der Waals surface area contributed by atoms with Crippen LogP contribution in [0, 0.1) is 3.57 Å². The quantitative estimate of drug-likeness (QED) is 0.484. The topological polar surface area (TPSA) is 43.4 Å². The van der Waals surface area contributed by atoms with Gasteiger partial charge in [0.25, 0.3) is 0 Å². The molecular formula is C12H13IO3. The molecule has 1 aromatic carbocycles. The Morgan fingerprint density at radius 3 is 2.56 bits per heavy atom. The van der Waals surface area contributed by atoms with E-state index in [-0.39, 0.29) is 5.78 Å². The summed E-state index contributed by atoms with van der Waals surface area (Å²) in [4.78, 5) is 23.4. The van der Waals surface area contributed by atoms with Crippen molar-refractivity contribution in [1.82, 2.24) is 0 Å². The minimum atomic E-state index is -0.427. The number of rotatable bonds is 4. The van der Waals surface area contributed by atoms with Crippen LogP contribution in [0.4, 0.5) is 0 Å². The van der Waals surface area contributed by atoms with Gasteiger partial charge in [0.05, 0.1) is 12.2 Å². The molecule has 1 rings (SSSR count). The first-order valence-electron chi connectivity index (χ1n) is 5.10. The highest BCUT2D eigenvalue weighted by Gasteiger charge is 2.19. The van der Waals surface area contributed by atoms with Crippen LogP contribution in [0.25, 0.3) is 0 Å². The summed E-state index contributed by atoms with van der Waals surface area (Å²) in [6.45, 7) is 3.83. The van der Waals surface area contributed by atoms with Crippen LogP contribution in [0.1, 0.15) is 41.0 Å². The third-order valence-electron chi connectivity index (χ3n) is 2.11. The van der Waals surface area contributed by atoms with E-state index in [0.717, 1.165) is 3.57 Å². The number of hydrogen-bond acceptors (Lipinski definition) is 3. The minimum Gasteiger partial charge on any atom is -0.462 e. The summed E-state index contributed by atoms with van der Waals surface area (Å²) in [5.41, 5.74) is 0.838. The average molecular weight is 332 g/mol. The van der Waals surface area contributed by atoms with Gasteiger partial charge in [-0.25, -0.2) is 4.79 Å². The Morgan fingerprint density at radius 1 is 1.31 bits per heavy atom. The Bertz CT molecular complexity index is 413. The molecule has 0 bridgehead atoms. The Hall–Kier alpha value is -0.910. The van der Waals surface area contributed by atoms with Crippen LogP contribution >= 0.6 is 22.6 Å². The molecule has 0 amide bonds. The molecule has 0 aliphatic carbocycles. The summed E-state index contributed by atoms with van der Waals surface area (Å²) in [6.07, 6.45) is 0.381. The van der Waals surface area contributed by atoms with Gasteiger partial charge in [-0.1, -0.05) is 19.1 Å². The lowest BCUT2D eigenvalue weighted by molar-refractivity contribution is 0.0521. The maximum Gasteiger partial charge on any atom is 0.339 e. The summed E-state index contributed by atoms with van der Waals surface area (Å²) < 4.78 is 5.69. The molecule has 3 nitrogen and oxygen atoms in total. The van der Waals surface area contributed by atoms with Crippen molar-refractivity contribution in [3.8, 4) is 0 Å². The van der Waals surface area contributed by atoms with Crippen LogP contribution in [0.15, 0.2) is 18.2 Å². The number of ketones is 1. The molecule has 16 heavy (non-hydrogen) atoms. The molecule has 4 heteroatoms. The number of Topliss-reactive ketones (excluding diaryl/α,β-unsaturated/α-hetero) is 1. The monoisotopic (exact) mass is 332 g/mol. The highest BCUT2D eigenvalue weighted by Crippen LogP contribution is 2.19. The van der Waals surface area contributed by atoms with Gasteiger partial charge in [0.15, 0.2) is 5.78 Å². The second-order valence-corrected chi connectivity index (χ2v) is 4.32. The summed E-state index contributed by atoms with van der Waals surface area (Å²) in [5, 5.41) is 0. The minimum absolute atomic E-state index is 0.0402. The number of halogens is 1. The Balaban J connectivity index is 3.23. The molecule has 0 N–H and O–H groups in total. The molecule has 0 atom stereocenters. The zero-order chi connectivity index (χ0) is 12.1. The predicted octanol–water partition coefficient (Wildman–Crippen LogP) is 3.06. The van der Waals surface area contributed by atoms with Crippen molar-refractivity contribution in [2.75, 3.05) is 6.61 Å². The molecule has 0 saturated carbocycles. The zero-order valence-electron chi connectivity index (χ0n) is 9.25. The van der Waals surface area contributed by atoms with Crippen LogP contribution < -0.4 is 0 Å². The normalized spacial score (nSPS) is 9.94. The molecule has 0 unspecified atom stereocenters. The Kier molecular flexibility index (Phi) is 4.92. The Labute approximate surface area is 108 Å². The SMILES string of the molecule is CCOC(=O)c1c(I)cccc1C(=O)CC. The maximum absolute atomic E-state index is 11.7. The molecule has 86 valence electrons.